The molecule has 1 aromatic heterocycles. The summed E-state index contributed by atoms with van der Waals surface area (Å²) >= 11 is 7.50. The molecule has 0 fully saturated rings. The van der Waals surface area contributed by atoms with Crippen LogP contribution in [-0.4, -0.2) is 11.1 Å². The van der Waals surface area contributed by atoms with Gasteiger partial charge in [0.05, 0.1) is 0 Å². The zero-order valence-electron chi connectivity index (χ0n) is 11.7. The van der Waals surface area contributed by atoms with Crippen LogP contribution in [0.5, 0.6) is 5.75 Å². The third-order valence-electron chi connectivity index (χ3n) is 2.86. The van der Waals surface area contributed by atoms with Gasteiger partial charge in [-0.15, -0.1) is 11.3 Å². The molecule has 1 N–H and O–H groups in total. The molecular formula is C16H15ClO3S. The number of carboxylic acids is 1. The molecule has 0 spiro atoms. The highest BCUT2D eigenvalue weighted by atomic mass is 35.5. The molecule has 0 saturated carbocycles. The van der Waals surface area contributed by atoms with Gasteiger partial charge in [-0.3, -0.25) is 0 Å². The minimum atomic E-state index is -0.950. The lowest BCUT2D eigenvalue weighted by molar-refractivity contribution is -0.131. The number of benzene rings is 1. The first-order valence-electron chi connectivity index (χ1n) is 6.35. The van der Waals surface area contributed by atoms with Crippen molar-refractivity contribution in [2.24, 2.45) is 0 Å². The molecule has 0 atom stereocenters. The van der Waals surface area contributed by atoms with E-state index in [1.54, 1.807) is 6.08 Å². The van der Waals surface area contributed by atoms with Crippen LogP contribution >= 0.6 is 22.9 Å². The molecule has 2 aromatic rings. The monoisotopic (exact) mass is 322 g/mol. The number of thiophene rings is 1. The molecule has 1 heterocycles. The Morgan fingerprint density at radius 1 is 1.33 bits per heavy atom. The van der Waals surface area contributed by atoms with Crippen molar-refractivity contribution in [1.29, 1.82) is 0 Å². The molecule has 0 bridgehead atoms. The van der Waals surface area contributed by atoms with Crippen LogP contribution in [0.25, 0.3) is 6.08 Å². The van der Waals surface area contributed by atoms with Gasteiger partial charge >= 0.3 is 5.97 Å². The summed E-state index contributed by atoms with van der Waals surface area (Å²) in [5.41, 5.74) is 2.00. The number of aliphatic carboxylic acids is 1. The van der Waals surface area contributed by atoms with Gasteiger partial charge < -0.3 is 9.84 Å². The number of carbonyl (C=O) groups is 1. The summed E-state index contributed by atoms with van der Waals surface area (Å²) < 4.78 is 5.86. The average molecular weight is 323 g/mol. The number of halogens is 1. The van der Waals surface area contributed by atoms with Gasteiger partial charge in [-0.2, -0.15) is 0 Å². The van der Waals surface area contributed by atoms with Crippen LogP contribution in [0.3, 0.4) is 0 Å². The van der Waals surface area contributed by atoms with Crippen LogP contribution in [0.4, 0.5) is 0 Å². The Hall–Kier alpha value is -1.78. The topological polar surface area (TPSA) is 46.5 Å². The van der Waals surface area contributed by atoms with Crippen molar-refractivity contribution in [3.63, 3.8) is 0 Å². The van der Waals surface area contributed by atoms with Crippen molar-refractivity contribution in [3.8, 4) is 5.75 Å². The van der Waals surface area contributed by atoms with Crippen molar-refractivity contribution in [1.82, 2.24) is 0 Å². The second kappa shape index (κ2) is 6.78. The van der Waals surface area contributed by atoms with E-state index in [-0.39, 0.29) is 0 Å². The van der Waals surface area contributed by atoms with E-state index in [1.165, 1.54) is 11.3 Å². The highest BCUT2D eigenvalue weighted by Crippen LogP contribution is 2.28. The van der Waals surface area contributed by atoms with Crippen LogP contribution in [0.2, 0.25) is 5.02 Å². The van der Waals surface area contributed by atoms with Crippen molar-refractivity contribution in [2.75, 3.05) is 0 Å². The van der Waals surface area contributed by atoms with Gasteiger partial charge in [0.15, 0.2) is 0 Å². The predicted molar refractivity (Wildman–Crippen MR) is 86.2 cm³/mol. The highest BCUT2D eigenvalue weighted by molar-refractivity contribution is 7.12. The van der Waals surface area contributed by atoms with Gasteiger partial charge in [-0.1, -0.05) is 11.6 Å². The van der Waals surface area contributed by atoms with Gasteiger partial charge in [-0.05, 0) is 55.3 Å². The molecule has 0 amide bonds. The Morgan fingerprint density at radius 2 is 2.00 bits per heavy atom. The highest BCUT2D eigenvalue weighted by Gasteiger charge is 2.07. The number of rotatable bonds is 5. The fourth-order valence-corrected chi connectivity index (χ4v) is 3.14. The van der Waals surface area contributed by atoms with Crippen LogP contribution in [0, 0.1) is 13.8 Å². The van der Waals surface area contributed by atoms with Crippen LogP contribution in [-0.2, 0) is 11.4 Å². The molecule has 3 nitrogen and oxygen atoms in total. The zero-order chi connectivity index (χ0) is 15.4. The Kier molecular flexibility index (Phi) is 5.04. The Balaban J connectivity index is 2.05. The Bertz CT molecular complexity index is 666. The van der Waals surface area contributed by atoms with E-state index in [1.807, 2.05) is 38.1 Å². The van der Waals surface area contributed by atoms with E-state index < -0.39 is 5.97 Å². The maximum atomic E-state index is 10.5. The molecule has 5 heteroatoms. The van der Waals surface area contributed by atoms with Crippen LogP contribution in [0.15, 0.2) is 30.3 Å². The minimum absolute atomic E-state index is 0.453. The summed E-state index contributed by atoms with van der Waals surface area (Å²) in [6.07, 6.45) is 2.71. The third-order valence-corrected chi connectivity index (χ3v) is 4.10. The van der Waals surface area contributed by atoms with Gasteiger partial charge in [-0.25, -0.2) is 4.79 Å². The van der Waals surface area contributed by atoms with Crippen LogP contribution < -0.4 is 4.74 Å². The molecule has 0 aliphatic rings. The first-order chi connectivity index (χ1) is 9.95. The van der Waals surface area contributed by atoms with E-state index in [0.717, 1.165) is 32.7 Å². The van der Waals surface area contributed by atoms with Crippen molar-refractivity contribution in [2.45, 2.75) is 20.5 Å². The second-order valence-electron chi connectivity index (χ2n) is 4.63. The average Bonchev–Trinajstić information content (AvgIpc) is 2.83. The summed E-state index contributed by atoms with van der Waals surface area (Å²) in [5, 5.41) is 9.30. The quantitative estimate of drug-likeness (QED) is 0.812. The van der Waals surface area contributed by atoms with Crippen molar-refractivity contribution in [3.05, 3.63) is 56.2 Å². The predicted octanol–water partition coefficient (Wildman–Crippen LogP) is 4.70. The minimum Gasteiger partial charge on any atom is -0.488 e. The number of aryl methyl sites for hydroxylation is 2. The molecule has 0 saturated heterocycles. The third kappa shape index (κ3) is 4.34. The summed E-state index contributed by atoms with van der Waals surface area (Å²) in [7, 11) is 0. The summed E-state index contributed by atoms with van der Waals surface area (Å²) in [4.78, 5) is 12.4. The Labute approximate surface area is 132 Å². The number of carboxylic acid groups (broad SMARTS) is 1. The van der Waals surface area contributed by atoms with Gasteiger partial charge in [0, 0.05) is 20.9 Å². The van der Waals surface area contributed by atoms with Gasteiger partial charge in [0.1, 0.15) is 12.4 Å². The fourth-order valence-electron chi connectivity index (χ4n) is 1.98. The molecule has 0 aliphatic heterocycles. The first-order valence-corrected chi connectivity index (χ1v) is 7.54. The molecule has 21 heavy (non-hydrogen) atoms. The van der Waals surface area contributed by atoms with Gasteiger partial charge in [0.25, 0.3) is 0 Å². The molecule has 2 rings (SSSR count). The SMILES string of the molecule is Cc1cc(Cl)cc(C)c1OCc1ccc(C=CC(=O)O)s1. The van der Waals surface area contributed by atoms with E-state index in [9.17, 15) is 4.79 Å². The van der Waals surface area contributed by atoms with Crippen molar-refractivity contribution >= 4 is 35.0 Å². The molecule has 0 aliphatic carbocycles. The number of ether oxygens (including phenoxy) is 1. The lowest BCUT2D eigenvalue weighted by atomic mass is 10.1. The molecule has 1 aromatic carbocycles. The summed E-state index contributed by atoms with van der Waals surface area (Å²) in [5.74, 6) is -0.107. The largest absolute Gasteiger partial charge is 0.488 e. The number of hydrogen-bond donors (Lipinski definition) is 1. The lowest BCUT2D eigenvalue weighted by Crippen LogP contribution is -1.97. The van der Waals surface area contributed by atoms with E-state index in [0.29, 0.717) is 11.6 Å². The smallest absolute Gasteiger partial charge is 0.328 e. The normalized spacial score (nSPS) is 11.0. The maximum Gasteiger partial charge on any atom is 0.328 e. The number of hydrogen-bond acceptors (Lipinski definition) is 3. The molecular weight excluding hydrogens is 308 g/mol. The Morgan fingerprint density at radius 3 is 2.62 bits per heavy atom. The maximum absolute atomic E-state index is 10.5. The van der Waals surface area contributed by atoms with E-state index in [4.69, 9.17) is 21.4 Å². The van der Waals surface area contributed by atoms with Gasteiger partial charge in [0.2, 0.25) is 0 Å². The fraction of sp³-hybridized carbons (Fsp3) is 0.188. The first kappa shape index (κ1) is 15.6. The van der Waals surface area contributed by atoms with E-state index >= 15 is 0 Å². The standard InChI is InChI=1S/C16H15ClO3S/c1-10-7-12(17)8-11(2)16(10)20-9-14-4-3-13(21-14)5-6-15(18)19/h3-8H,9H2,1-2H3,(H,18,19). The van der Waals surface area contributed by atoms with Crippen molar-refractivity contribution < 1.29 is 14.6 Å². The summed E-state index contributed by atoms with van der Waals surface area (Å²) in [6, 6.07) is 7.57. The second-order valence-corrected chi connectivity index (χ2v) is 6.27. The molecule has 0 unspecified atom stereocenters. The van der Waals surface area contributed by atoms with Crippen LogP contribution in [0.1, 0.15) is 20.9 Å². The summed E-state index contributed by atoms with van der Waals surface area (Å²) in [6.45, 7) is 4.38. The zero-order valence-corrected chi connectivity index (χ0v) is 13.3. The molecule has 110 valence electrons. The molecule has 0 radical (unpaired) electrons. The lowest BCUT2D eigenvalue weighted by Gasteiger charge is -2.11. The van der Waals surface area contributed by atoms with E-state index in [2.05, 4.69) is 0 Å².